The Morgan fingerprint density at radius 3 is 2.27 bits per heavy atom. The Kier molecular flexibility index (Phi) is 18.1. The molecular weight excluding hydrogens is 789 g/mol. The third kappa shape index (κ3) is 11.0. The maximum absolute atomic E-state index is 13.4. The van der Waals surface area contributed by atoms with Crippen molar-refractivity contribution in [3.05, 3.63) is 77.4 Å². The topological polar surface area (TPSA) is 254 Å². The monoisotopic (exact) mass is 848 g/mol. The van der Waals surface area contributed by atoms with Gasteiger partial charge in [0.1, 0.15) is 34.6 Å². The summed E-state index contributed by atoms with van der Waals surface area (Å²) in [5.41, 5.74) is 20.4. The molecule has 330 valence electrons. The number of ether oxygens (including phenoxy) is 1. The van der Waals surface area contributed by atoms with Crippen molar-refractivity contribution < 1.29 is 19.1 Å². The van der Waals surface area contributed by atoms with Crippen molar-refractivity contribution in [2.24, 2.45) is 28.1 Å². The maximum Gasteiger partial charge on any atom is 0.276 e. The Bertz CT molecular complexity index is 2560. The number of aliphatic imine (C=N–C) groups is 1. The molecule has 1 amide bonds. The number of fused-ring (bicyclic) bond motifs is 4. The third-order valence-corrected chi connectivity index (χ3v) is 9.53. The van der Waals surface area contributed by atoms with Crippen molar-refractivity contribution in [2.45, 2.75) is 67.6 Å². The van der Waals surface area contributed by atoms with E-state index < -0.39 is 5.91 Å². The van der Waals surface area contributed by atoms with Gasteiger partial charge in [0, 0.05) is 66.2 Å². The molecule has 0 spiro atoms. The van der Waals surface area contributed by atoms with Gasteiger partial charge in [-0.25, -0.2) is 19.9 Å². The van der Waals surface area contributed by atoms with Gasteiger partial charge >= 0.3 is 0 Å². The fourth-order valence-corrected chi connectivity index (χ4v) is 6.78. The van der Waals surface area contributed by atoms with Gasteiger partial charge in [0.2, 0.25) is 5.95 Å². The number of allylic oxidation sites excluding steroid dienone is 3. The number of carbonyl (C=O) groups excluding carboxylic acids is 3. The highest BCUT2D eigenvalue weighted by Crippen LogP contribution is 2.36. The fourth-order valence-electron chi connectivity index (χ4n) is 6.78. The van der Waals surface area contributed by atoms with Crippen molar-refractivity contribution in [2.75, 3.05) is 45.7 Å². The molecule has 6 aromatic rings. The Balaban J connectivity index is 0.00000135. The zero-order chi connectivity index (χ0) is 45.3. The number of amides is 1. The number of aldehydes is 2. The molecule has 6 heterocycles. The molecule has 1 aliphatic heterocycles. The predicted octanol–water partition coefficient (Wildman–Crippen LogP) is 4.83. The van der Waals surface area contributed by atoms with Crippen LogP contribution < -0.4 is 32.6 Å². The van der Waals surface area contributed by atoms with Gasteiger partial charge in [-0.2, -0.15) is 5.10 Å². The quantitative estimate of drug-likeness (QED) is 0.0498. The van der Waals surface area contributed by atoms with Crippen LogP contribution in [0.25, 0.3) is 44.6 Å². The highest BCUT2D eigenvalue weighted by Gasteiger charge is 2.22. The van der Waals surface area contributed by atoms with E-state index >= 15 is 0 Å². The number of aryl methyl sites for hydroxylation is 2. The summed E-state index contributed by atoms with van der Waals surface area (Å²) in [6, 6.07) is 7.21. The number of nitrogens with two attached hydrogens (primary N) is 3. The van der Waals surface area contributed by atoms with Crippen molar-refractivity contribution in [1.82, 2.24) is 44.2 Å². The molecule has 0 unspecified atom stereocenters. The minimum Gasteiger partial charge on any atom is -0.491 e. The Morgan fingerprint density at radius 2 is 1.65 bits per heavy atom. The minimum absolute atomic E-state index is 0.160. The van der Waals surface area contributed by atoms with Gasteiger partial charge in [0.15, 0.2) is 17.8 Å². The van der Waals surface area contributed by atoms with Crippen molar-refractivity contribution in [3.63, 3.8) is 0 Å². The summed E-state index contributed by atoms with van der Waals surface area (Å²) in [6.07, 6.45) is 11.1. The van der Waals surface area contributed by atoms with Crippen LogP contribution in [0, 0.1) is 12.8 Å². The van der Waals surface area contributed by atoms with E-state index in [4.69, 9.17) is 20.4 Å². The van der Waals surface area contributed by atoms with E-state index in [1.165, 1.54) is 26.4 Å². The lowest BCUT2D eigenvalue weighted by Crippen LogP contribution is -2.42. The predicted molar refractivity (Wildman–Crippen MR) is 247 cm³/mol. The fraction of sp³-hybridized carbons (Fsp3) is 0.386. The van der Waals surface area contributed by atoms with Crippen LogP contribution in [0.4, 0.5) is 5.95 Å². The molecule has 0 atom stereocenters. The van der Waals surface area contributed by atoms with Gasteiger partial charge in [0.25, 0.3) is 5.91 Å². The molecule has 1 fully saturated rings. The number of rotatable bonds is 16. The van der Waals surface area contributed by atoms with Crippen LogP contribution in [0.1, 0.15) is 67.4 Å². The molecule has 8 N–H and O–H groups in total. The smallest absolute Gasteiger partial charge is 0.276 e. The van der Waals surface area contributed by atoms with Gasteiger partial charge in [-0.3, -0.25) is 33.9 Å². The number of imidazole rings is 1. The van der Waals surface area contributed by atoms with Crippen LogP contribution >= 0.6 is 0 Å². The summed E-state index contributed by atoms with van der Waals surface area (Å²) in [7, 11) is 3.00. The first-order valence-electron chi connectivity index (χ1n) is 20.8. The molecule has 1 aliphatic rings. The molecule has 0 saturated carbocycles. The number of hydrogen-bond acceptors (Lipinski definition) is 14. The standard InChI is InChI=1S/C40H44N12O4.C2H6.2CH5N/c1-5-43-32(13-24(3)41)39(55)48-40-46-31-16-28(23-54)20-45-38(31)51(40)11-8-7-10-50-35-29(15-27(22-53)17-34(35)56-12-9-26-18-42-19-26)30-21-44-36(47-37(30)50)33-14-25(4)49-52(33)6-2;3*1-2/h7-8,13-17,20-23,26,42H,5-6,9-12,18-19,41H2,1-4H3,(H,46,48,55);1-2H3;2*2H2,1H3/b8-7+,24-13-,43-32?;;;. The van der Waals surface area contributed by atoms with E-state index in [1.807, 2.05) is 63.6 Å². The molecule has 1 aromatic carbocycles. The number of hydrogen-bond donors (Lipinski definition) is 5. The highest BCUT2D eigenvalue weighted by atomic mass is 16.5. The molecular formula is C44H60N14O4. The summed E-state index contributed by atoms with van der Waals surface area (Å²) < 4.78 is 12.1. The van der Waals surface area contributed by atoms with Crippen LogP contribution in [-0.4, -0.2) is 103 Å². The Morgan fingerprint density at radius 1 is 0.935 bits per heavy atom. The third-order valence-electron chi connectivity index (χ3n) is 9.53. The summed E-state index contributed by atoms with van der Waals surface area (Å²) in [6.45, 7) is 15.6. The molecule has 1 saturated heterocycles. The second-order valence-electron chi connectivity index (χ2n) is 13.7. The van der Waals surface area contributed by atoms with Gasteiger partial charge in [-0.1, -0.05) is 26.0 Å². The van der Waals surface area contributed by atoms with E-state index in [0.717, 1.165) is 53.5 Å². The zero-order valence-corrected chi connectivity index (χ0v) is 37.0. The van der Waals surface area contributed by atoms with Gasteiger partial charge < -0.3 is 31.8 Å². The van der Waals surface area contributed by atoms with Crippen LogP contribution in [-0.2, 0) is 24.4 Å². The van der Waals surface area contributed by atoms with Crippen LogP contribution in [0.2, 0.25) is 0 Å². The SMILES string of the molecule is CC.CCN=C(/C=C(/C)N)C(=O)Nc1nc2cc(C=O)cnc2n1C/C=C/Cn1c2nc(-c3cc(C)nn3CC)ncc2c2cc(C=O)cc(OCCC3CNC3)c21.CN.CN. The van der Waals surface area contributed by atoms with E-state index in [2.05, 4.69) is 46.7 Å². The largest absolute Gasteiger partial charge is 0.491 e. The van der Waals surface area contributed by atoms with E-state index in [9.17, 15) is 14.4 Å². The first kappa shape index (κ1) is 48.0. The molecule has 5 aromatic heterocycles. The Hall–Kier alpha value is -6.63. The lowest BCUT2D eigenvalue weighted by molar-refractivity contribution is -0.110. The number of carbonyl (C=O) groups is 3. The van der Waals surface area contributed by atoms with Crippen molar-refractivity contribution in [3.8, 4) is 17.3 Å². The van der Waals surface area contributed by atoms with Crippen LogP contribution in [0.5, 0.6) is 5.75 Å². The van der Waals surface area contributed by atoms with E-state index in [1.54, 1.807) is 29.8 Å². The molecule has 18 heteroatoms. The minimum atomic E-state index is -0.482. The van der Waals surface area contributed by atoms with Gasteiger partial charge in [-0.15, -0.1) is 0 Å². The van der Waals surface area contributed by atoms with Crippen LogP contribution in [0.15, 0.2) is 65.6 Å². The number of pyridine rings is 1. The van der Waals surface area contributed by atoms with E-state index in [0.29, 0.717) is 83.7 Å². The highest BCUT2D eigenvalue weighted by molar-refractivity contribution is 6.47. The average Bonchev–Trinajstić information content (AvgIpc) is 3.94. The molecule has 0 bridgehead atoms. The van der Waals surface area contributed by atoms with Gasteiger partial charge in [0.05, 0.1) is 17.8 Å². The summed E-state index contributed by atoms with van der Waals surface area (Å²) in [5.74, 6) is 1.41. The second kappa shape index (κ2) is 23.4. The normalized spacial score (nSPS) is 12.9. The Labute approximate surface area is 361 Å². The summed E-state index contributed by atoms with van der Waals surface area (Å²) in [5, 5.41) is 12.3. The lowest BCUT2D eigenvalue weighted by Gasteiger charge is -2.26. The summed E-state index contributed by atoms with van der Waals surface area (Å²) >= 11 is 0. The van der Waals surface area contributed by atoms with E-state index in [-0.39, 0.29) is 18.2 Å². The first-order chi connectivity index (χ1) is 30.2. The second-order valence-corrected chi connectivity index (χ2v) is 13.7. The van der Waals surface area contributed by atoms with Gasteiger partial charge in [-0.05, 0) is 97.6 Å². The maximum atomic E-state index is 13.4. The number of benzene rings is 1. The molecule has 62 heavy (non-hydrogen) atoms. The average molecular weight is 849 g/mol. The van der Waals surface area contributed by atoms with Crippen molar-refractivity contribution >= 4 is 63.2 Å². The number of nitrogens with zero attached hydrogens (tertiary/aromatic N) is 9. The molecule has 0 radical (unpaired) electrons. The first-order valence-corrected chi connectivity index (χ1v) is 20.8. The molecule has 0 aliphatic carbocycles. The van der Waals surface area contributed by atoms with Crippen LogP contribution in [0.3, 0.4) is 0 Å². The zero-order valence-electron chi connectivity index (χ0n) is 37.0. The summed E-state index contributed by atoms with van der Waals surface area (Å²) in [4.78, 5) is 60.4. The lowest BCUT2D eigenvalue weighted by atomic mass is 10.0. The number of aromatic nitrogens is 8. The van der Waals surface area contributed by atoms with Crippen molar-refractivity contribution in [1.29, 1.82) is 0 Å². The number of anilines is 1. The number of nitrogens with one attached hydrogen (secondary N) is 2. The molecule has 18 nitrogen and oxygen atoms in total. The molecule has 7 rings (SSSR count).